The second-order valence-corrected chi connectivity index (χ2v) is 3.76. The minimum Gasteiger partial charge on any atom is -0.462 e. The van der Waals surface area contributed by atoms with E-state index in [1.165, 1.54) is 0 Å². The molecular weight excluding hydrogens is 244 g/mol. The second-order valence-electron chi connectivity index (χ2n) is 3.76. The molecule has 0 aliphatic rings. The van der Waals surface area contributed by atoms with Gasteiger partial charge in [0, 0.05) is 11.9 Å². The smallest absolute Gasteiger partial charge is 0.340 e. The van der Waals surface area contributed by atoms with E-state index >= 15 is 0 Å². The number of benzene rings is 1. The minimum atomic E-state index is -0.461. The minimum absolute atomic E-state index is 0.295. The fraction of sp³-hybridized carbons (Fsp3) is 0.143. The summed E-state index contributed by atoms with van der Waals surface area (Å²) in [5.74, 6) is 0.629. The lowest BCUT2D eigenvalue weighted by molar-refractivity contribution is 0.0527. The molecule has 98 valence electrons. The zero-order valence-electron chi connectivity index (χ0n) is 10.5. The number of pyridine rings is 1. The summed E-state index contributed by atoms with van der Waals surface area (Å²) in [7, 11) is 0. The highest BCUT2D eigenvalue weighted by atomic mass is 16.5. The number of hydrogen-bond acceptors (Lipinski definition) is 5. The van der Waals surface area contributed by atoms with Gasteiger partial charge >= 0.3 is 5.97 Å². The Labute approximate surface area is 111 Å². The predicted octanol–water partition coefficient (Wildman–Crippen LogP) is 2.63. The van der Waals surface area contributed by atoms with Crippen LogP contribution in [0.5, 0.6) is 11.5 Å². The van der Waals surface area contributed by atoms with E-state index < -0.39 is 5.97 Å². The Kier molecular flexibility index (Phi) is 3.97. The fourth-order valence-corrected chi connectivity index (χ4v) is 1.53. The number of nitrogens with two attached hydrogens (primary N) is 1. The number of aromatic nitrogens is 1. The predicted molar refractivity (Wildman–Crippen MR) is 71.1 cm³/mol. The standard InChI is InChI=1S/C14H14N2O3/c1-2-18-14(17)12-8-10(5-6-13(12)15)19-11-4-3-7-16-9-11/h3-9H,2,15H2,1H3. The van der Waals surface area contributed by atoms with Crippen molar-refractivity contribution in [1.29, 1.82) is 0 Å². The van der Waals surface area contributed by atoms with E-state index in [9.17, 15) is 4.79 Å². The highest BCUT2D eigenvalue weighted by molar-refractivity contribution is 5.95. The zero-order chi connectivity index (χ0) is 13.7. The number of nitrogen functional groups attached to an aromatic ring is 1. The van der Waals surface area contributed by atoms with Crippen LogP contribution < -0.4 is 10.5 Å². The number of hydrogen-bond donors (Lipinski definition) is 1. The molecule has 0 aliphatic heterocycles. The Bertz CT molecular complexity index is 570. The largest absolute Gasteiger partial charge is 0.462 e. The van der Waals surface area contributed by atoms with E-state index in [4.69, 9.17) is 15.2 Å². The van der Waals surface area contributed by atoms with Gasteiger partial charge in [0.25, 0.3) is 0 Å². The van der Waals surface area contributed by atoms with Crippen molar-refractivity contribution >= 4 is 11.7 Å². The first-order chi connectivity index (χ1) is 9.20. The summed E-state index contributed by atoms with van der Waals surface area (Å²) in [6.07, 6.45) is 3.24. The van der Waals surface area contributed by atoms with E-state index in [1.807, 2.05) is 0 Å². The molecule has 5 heteroatoms. The van der Waals surface area contributed by atoms with Crippen LogP contribution in [-0.4, -0.2) is 17.6 Å². The molecule has 0 spiro atoms. The molecule has 0 saturated heterocycles. The molecule has 2 rings (SSSR count). The first-order valence-electron chi connectivity index (χ1n) is 5.85. The maximum atomic E-state index is 11.7. The van der Waals surface area contributed by atoms with Crippen molar-refractivity contribution in [2.75, 3.05) is 12.3 Å². The topological polar surface area (TPSA) is 74.4 Å². The van der Waals surface area contributed by atoms with E-state index in [-0.39, 0.29) is 0 Å². The Balaban J connectivity index is 2.23. The van der Waals surface area contributed by atoms with Gasteiger partial charge in [0.2, 0.25) is 0 Å². The Morgan fingerprint density at radius 3 is 2.84 bits per heavy atom. The summed E-state index contributed by atoms with van der Waals surface area (Å²) in [5, 5.41) is 0. The molecule has 19 heavy (non-hydrogen) atoms. The highest BCUT2D eigenvalue weighted by Gasteiger charge is 2.12. The van der Waals surface area contributed by atoms with Crippen molar-refractivity contribution in [3.63, 3.8) is 0 Å². The van der Waals surface area contributed by atoms with Crippen LogP contribution in [0.1, 0.15) is 17.3 Å². The SMILES string of the molecule is CCOC(=O)c1cc(Oc2cccnc2)ccc1N. The Morgan fingerprint density at radius 2 is 2.16 bits per heavy atom. The van der Waals surface area contributed by atoms with Crippen molar-refractivity contribution in [3.8, 4) is 11.5 Å². The lowest BCUT2D eigenvalue weighted by atomic mass is 10.1. The maximum Gasteiger partial charge on any atom is 0.340 e. The molecule has 2 N–H and O–H groups in total. The van der Waals surface area contributed by atoms with Crippen LogP contribution in [0.3, 0.4) is 0 Å². The number of carbonyl (C=O) groups excluding carboxylic acids is 1. The summed E-state index contributed by atoms with van der Waals surface area (Å²) in [6.45, 7) is 2.04. The molecule has 0 saturated carbocycles. The van der Waals surface area contributed by atoms with Crippen LogP contribution in [-0.2, 0) is 4.74 Å². The molecule has 0 aliphatic carbocycles. The van der Waals surface area contributed by atoms with Crippen molar-refractivity contribution < 1.29 is 14.3 Å². The van der Waals surface area contributed by atoms with Crippen molar-refractivity contribution in [1.82, 2.24) is 4.98 Å². The molecule has 0 amide bonds. The van der Waals surface area contributed by atoms with Gasteiger partial charge in [-0.3, -0.25) is 4.98 Å². The molecule has 0 radical (unpaired) electrons. The first-order valence-corrected chi connectivity index (χ1v) is 5.85. The van der Waals surface area contributed by atoms with Gasteiger partial charge in [0.15, 0.2) is 0 Å². The summed E-state index contributed by atoms with van der Waals surface area (Å²) in [5.41, 5.74) is 6.40. The van der Waals surface area contributed by atoms with Crippen LogP contribution in [0.15, 0.2) is 42.7 Å². The van der Waals surface area contributed by atoms with Crippen LogP contribution in [0.4, 0.5) is 5.69 Å². The average molecular weight is 258 g/mol. The van der Waals surface area contributed by atoms with Crippen LogP contribution in [0.25, 0.3) is 0 Å². The Morgan fingerprint density at radius 1 is 1.32 bits per heavy atom. The second kappa shape index (κ2) is 5.86. The van der Waals surface area contributed by atoms with Crippen LogP contribution in [0.2, 0.25) is 0 Å². The molecule has 0 atom stereocenters. The van der Waals surface area contributed by atoms with E-state index in [1.54, 1.807) is 49.6 Å². The number of anilines is 1. The number of carbonyl (C=O) groups is 1. The number of nitrogens with zero attached hydrogens (tertiary/aromatic N) is 1. The molecule has 1 heterocycles. The summed E-state index contributed by atoms with van der Waals surface area (Å²) in [6, 6.07) is 8.38. The molecule has 5 nitrogen and oxygen atoms in total. The quantitative estimate of drug-likeness (QED) is 0.674. The monoisotopic (exact) mass is 258 g/mol. The molecule has 0 fully saturated rings. The van der Waals surface area contributed by atoms with Crippen molar-refractivity contribution in [3.05, 3.63) is 48.3 Å². The number of esters is 1. The molecule has 1 aromatic carbocycles. The Hall–Kier alpha value is -2.56. The van der Waals surface area contributed by atoms with Gasteiger partial charge in [0.05, 0.1) is 18.4 Å². The lowest BCUT2D eigenvalue weighted by Gasteiger charge is -2.09. The van der Waals surface area contributed by atoms with Gasteiger partial charge in [-0.2, -0.15) is 0 Å². The summed E-state index contributed by atoms with van der Waals surface area (Å²) >= 11 is 0. The van der Waals surface area contributed by atoms with E-state index in [0.717, 1.165) is 0 Å². The van der Waals surface area contributed by atoms with Gasteiger partial charge in [-0.1, -0.05) is 0 Å². The number of ether oxygens (including phenoxy) is 2. The number of rotatable bonds is 4. The van der Waals surface area contributed by atoms with Gasteiger partial charge < -0.3 is 15.2 Å². The molecular formula is C14H14N2O3. The third kappa shape index (κ3) is 3.22. The lowest BCUT2D eigenvalue weighted by Crippen LogP contribution is -2.08. The summed E-state index contributed by atoms with van der Waals surface area (Å²) < 4.78 is 10.5. The maximum absolute atomic E-state index is 11.7. The normalized spacial score (nSPS) is 9.95. The molecule has 0 unspecified atom stereocenters. The average Bonchev–Trinajstić information content (AvgIpc) is 2.42. The summed E-state index contributed by atoms with van der Waals surface area (Å²) in [4.78, 5) is 15.6. The first kappa shape index (κ1) is 12.9. The third-order valence-corrected chi connectivity index (χ3v) is 2.39. The molecule has 2 aromatic rings. The van der Waals surface area contributed by atoms with Gasteiger partial charge in [-0.15, -0.1) is 0 Å². The van der Waals surface area contributed by atoms with E-state index in [2.05, 4.69) is 4.98 Å². The van der Waals surface area contributed by atoms with Crippen molar-refractivity contribution in [2.45, 2.75) is 6.92 Å². The zero-order valence-corrected chi connectivity index (χ0v) is 10.5. The third-order valence-electron chi connectivity index (χ3n) is 2.39. The molecule has 0 bridgehead atoms. The van der Waals surface area contributed by atoms with Gasteiger partial charge in [0.1, 0.15) is 11.5 Å². The van der Waals surface area contributed by atoms with E-state index in [0.29, 0.717) is 29.4 Å². The van der Waals surface area contributed by atoms with Gasteiger partial charge in [-0.05, 0) is 37.3 Å². The fourth-order valence-electron chi connectivity index (χ4n) is 1.53. The van der Waals surface area contributed by atoms with Gasteiger partial charge in [-0.25, -0.2) is 4.79 Å². The van der Waals surface area contributed by atoms with Crippen molar-refractivity contribution in [2.24, 2.45) is 0 Å². The highest BCUT2D eigenvalue weighted by Crippen LogP contribution is 2.25. The van der Waals surface area contributed by atoms with Crippen LogP contribution >= 0.6 is 0 Å². The van der Waals surface area contributed by atoms with Crippen LogP contribution in [0, 0.1) is 0 Å². The molecule has 1 aromatic heterocycles.